The van der Waals surface area contributed by atoms with Crippen LogP contribution in [0.15, 0.2) is 42.5 Å². The molecule has 0 amide bonds. The molecule has 3 rings (SSSR count). The maximum atomic E-state index is 6.09. The fourth-order valence-corrected chi connectivity index (χ4v) is 3.50. The number of aryl methyl sites for hydroxylation is 1. The molecule has 2 aromatic rings. The number of thiocarbonyl (C=S) groups is 1. The van der Waals surface area contributed by atoms with Crippen molar-refractivity contribution >= 4 is 34.6 Å². The first-order chi connectivity index (χ1) is 12.5. The van der Waals surface area contributed by atoms with Crippen molar-refractivity contribution in [3.63, 3.8) is 0 Å². The zero-order chi connectivity index (χ0) is 18.5. The van der Waals surface area contributed by atoms with Gasteiger partial charge in [-0.1, -0.05) is 41.4 Å². The van der Waals surface area contributed by atoms with Crippen molar-refractivity contribution in [2.24, 2.45) is 0 Å². The van der Waals surface area contributed by atoms with Gasteiger partial charge in [0.05, 0.1) is 12.8 Å². The van der Waals surface area contributed by atoms with E-state index < -0.39 is 0 Å². The predicted molar refractivity (Wildman–Crippen MR) is 112 cm³/mol. The molecule has 2 aromatic carbocycles. The standard InChI is InChI=1S/C20H24ClN3OS/c1-15-3-5-16(6-4-15)14-23-9-11-24(12-10-23)20(26)22-18-13-17(21)7-8-19(18)25-2/h3-8,13H,9-12,14H2,1-2H3,(H,22,26). The summed E-state index contributed by atoms with van der Waals surface area (Å²) in [7, 11) is 1.64. The number of rotatable bonds is 4. The summed E-state index contributed by atoms with van der Waals surface area (Å²) in [6.45, 7) is 6.88. The highest BCUT2D eigenvalue weighted by molar-refractivity contribution is 7.80. The number of nitrogens with one attached hydrogen (secondary N) is 1. The molecule has 1 aliphatic rings. The van der Waals surface area contributed by atoms with Gasteiger partial charge < -0.3 is 15.0 Å². The van der Waals surface area contributed by atoms with E-state index in [4.69, 9.17) is 28.6 Å². The number of methoxy groups -OCH3 is 1. The molecule has 0 saturated carbocycles. The fraction of sp³-hybridized carbons (Fsp3) is 0.350. The largest absolute Gasteiger partial charge is 0.495 e. The Hall–Kier alpha value is -1.82. The Morgan fingerprint density at radius 1 is 1.12 bits per heavy atom. The van der Waals surface area contributed by atoms with Gasteiger partial charge in [0.25, 0.3) is 0 Å². The first-order valence-electron chi connectivity index (χ1n) is 8.72. The highest BCUT2D eigenvalue weighted by atomic mass is 35.5. The minimum Gasteiger partial charge on any atom is -0.495 e. The molecule has 0 unspecified atom stereocenters. The van der Waals surface area contributed by atoms with Crippen LogP contribution in [0.25, 0.3) is 0 Å². The third kappa shape index (κ3) is 4.87. The second-order valence-corrected chi connectivity index (χ2v) is 7.35. The molecule has 1 heterocycles. The lowest BCUT2D eigenvalue weighted by atomic mass is 10.1. The number of piperazine rings is 1. The predicted octanol–water partition coefficient (Wildman–Crippen LogP) is 4.17. The smallest absolute Gasteiger partial charge is 0.173 e. The topological polar surface area (TPSA) is 27.7 Å². The Labute approximate surface area is 165 Å². The number of hydrogen-bond donors (Lipinski definition) is 1. The summed E-state index contributed by atoms with van der Waals surface area (Å²) in [5.74, 6) is 0.731. The van der Waals surface area contributed by atoms with Crippen molar-refractivity contribution in [1.82, 2.24) is 9.80 Å². The van der Waals surface area contributed by atoms with Crippen LogP contribution >= 0.6 is 23.8 Å². The molecular weight excluding hydrogens is 366 g/mol. The molecule has 1 N–H and O–H groups in total. The lowest BCUT2D eigenvalue weighted by Crippen LogP contribution is -2.49. The van der Waals surface area contributed by atoms with Gasteiger partial charge in [0.1, 0.15) is 5.75 Å². The summed E-state index contributed by atoms with van der Waals surface area (Å²) < 4.78 is 5.37. The normalized spacial score (nSPS) is 15.0. The number of ether oxygens (including phenoxy) is 1. The van der Waals surface area contributed by atoms with Gasteiger partial charge in [0.15, 0.2) is 5.11 Å². The van der Waals surface area contributed by atoms with Crippen molar-refractivity contribution in [3.8, 4) is 5.75 Å². The Morgan fingerprint density at radius 2 is 1.81 bits per heavy atom. The molecule has 0 bridgehead atoms. The lowest BCUT2D eigenvalue weighted by molar-refractivity contribution is 0.177. The molecule has 0 radical (unpaired) electrons. The number of benzene rings is 2. The van der Waals surface area contributed by atoms with Crippen LogP contribution in [0, 0.1) is 6.92 Å². The zero-order valence-electron chi connectivity index (χ0n) is 15.2. The van der Waals surface area contributed by atoms with Gasteiger partial charge in [-0.15, -0.1) is 0 Å². The minimum absolute atomic E-state index is 0.652. The first-order valence-corrected chi connectivity index (χ1v) is 9.51. The summed E-state index contributed by atoms with van der Waals surface area (Å²) in [6.07, 6.45) is 0. The van der Waals surface area contributed by atoms with Gasteiger partial charge in [-0.25, -0.2) is 0 Å². The van der Waals surface area contributed by atoms with Crippen LogP contribution in [0.4, 0.5) is 5.69 Å². The van der Waals surface area contributed by atoms with Crippen molar-refractivity contribution in [1.29, 1.82) is 0 Å². The van der Waals surface area contributed by atoms with Gasteiger partial charge >= 0.3 is 0 Å². The van der Waals surface area contributed by atoms with E-state index in [0.29, 0.717) is 10.1 Å². The SMILES string of the molecule is COc1ccc(Cl)cc1NC(=S)N1CCN(Cc2ccc(C)cc2)CC1. The average molecular weight is 390 g/mol. The van der Waals surface area contributed by atoms with Crippen molar-refractivity contribution in [2.75, 3.05) is 38.6 Å². The molecule has 6 heteroatoms. The third-order valence-electron chi connectivity index (χ3n) is 4.59. The third-order valence-corrected chi connectivity index (χ3v) is 5.18. The van der Waals surface area contributed by atoms with Crippen LogP contribution in [-0.2, 0) is 6.54 Å². The van der Waals surface area contributed by atoms with Crippen LogP contribution in [-0.4, -0.2) is 48.2 Å². The van der Waals surface area contributed by atoms with Crippen LogP contribution in [0.1, 0.15) is 11.1 Å². The highest BCUT2D eigenvalue weighted by Gasteiger charge is 2.19. The molecule has 0 atom stereocenters. The second-order valence-electron chi connectivity index (χ2n) is 6.52. The Kier molecular flexibility index (Phi) is 6.35. The van der Waals surface area contributed by atoms with Crippen LogP contribution < -0.4 is 10.1 Å². The molecule has 0 spiro atoms. The van der Waals surface area contributed by atoms with Crippen LogP contribution in [0.5, 0.6) is 5.75 Å². The highest BCUT2D eigenvalue weighted by Crippen LogP contribution is 2.28. The molecule has 138 valence electrons. The Morgan fingerprint density at radius 3 is 2.46 bits per heavy atom. The van der Waals surface area contributed by atoms with E-state index in [1.807, 2.05) is 12.1 Å². The summed E-state index contributed by atoms with van der Waals surface area (Å²) >= 11 is 11.7. The summed E-state index contributed by atoms with van der Waals surface area (Å²) in [6, 6.07) is 14.2. The molecular formula is C20H24ClN3OS. The summed E-state index contributed by atoms with van der Waals surface area (Å²) in [5, 5.41) is 4.63. The van der Waals surface area contributed by atoms with Gasteiger partial charge in [0.2, 0.25) is 0 Å². The zero-order valence-corrected chi connectivity index (χ0v) is 16.7. The molecule has 1 aliphatic heterocycles. The minimum atomic E-state index is 0.652. The first kappa shape index (κ1) is 19.0. The molecule has 0 aromatic heterocycles. The lowest BCUT2D eigenvalue weighted by Gasteiger charge is -2.36. The number of halogens is 1. The molecule has 0 aliphatic carbocycles. The van der Waals surface area contributed by atoms with Gasteiger partial charge in [-0.05, 0) is 42.9 Å². The van der Waals surface area contributed by atoms with E-state index in [1.165, 1.54) is 11.1 Å². The Balaban J connectivity index is 1.53. The maximum absolute atomic E-state index is 6.09. The van der Waals surface area contributed by atoms with Gasteiger partial charge in [0, 0.05) is 37.7 Å². The number of nitrogens with zero attached hydrogens (tertiary/aromatic N) is 2. The van der Waals surface area contributed by atoms with E-state index in [9.17, 15) is 0 Å². The van der Waals surface area contributed by atoms with E-state index in [1.54, 1.807) is 13.2 Å². The van der Waals surface area contributed by atoms with Crippen molar-refractivity contribution in [2.45, 2.75) is 13.5 Å². The van der Waals surface area contributed by atoms with E-state index in [-0.39, 0.29) is 0 Å². The van der Waals surface area contributed by atoms with E-state index >= 15 is 0 Å². The molecule has 26 heavy (non-hydrogen) atoms. The fourth-order valence-electron chi connectivity index (χ4n) is 3.03. The summed E-state index contributed by atoms with van der Waals surface area (Å²) in [4.78, 5) is 4.66. The van der Waals surface area contributed by atoms with E-state index in [2.05, 4.69) is 46.3 Å². The number of anilines is 1. The van der Waals surface area contributed by atoms with Crippen molar-refractivity contribution in [3.05, 3.63) is 58.6 Å². The van der Waals surface area contributed by atoms with Gasteiger partial charge in [-0.2, -0.15) is 0 Å². The van der Waals surface area contributed by atoms with Gasteiger partial charge in [-0.3, -0.25) is 4.90 Å². The van der Waals surface area contributed by atoms with E-state index in [0.717, 1.165) is 44.2 Å². The average Bonchev–Trinajstić information content (AvgIpc) is 2.64. The maximum Gasteiger partial charge on any atom is 0.173 e. The Bertz CT molecular complexity index is 758. The molecule has 4 nitrogen and oxygen atoms in total. The quantitative estimate of drug-likeness (QED) is 0.792. The molecule has 1 saturated heterocycles. The number of hydrogen-bond acceptors (Lipinski definition) is 3. The second kappa shape index (κ2) is 8.71. The van der Waals surface area contributed by atoms with Crippen LogP contribution in [0.3, 0.4) is 0 Å². The summed E-state index contributed by atoms with van der Waals surface area (Å²) in [5.41, 5.74) is 3.45. The van der Waals surface area contributed by atoms with Crippen molar-refractivity contribution < 1.29 is 4.74 Å². The molecule has 1 fully saturated rings. The monoisotopic (exact) mass is 389 g/mol. The van der Waals surface area contributed by atoms with Crippen LogP contribution in [0.2, 0.25) is 5.02 Å².